The fourth-order valence-corrected chi connectivity index (χ4v) is 3.88. The Morgan fingerprint density at radius 2 is 1.77 bits per heavy atom. The van der Waals surface area contributed by atoms with Crippen LogP contribution in [0, 0.1) is 10.1 Å². The van der Waals surface area contributed by atoms with E-state index in [4.69, 9.17) is 23.2 Å². The Morgan fingerprint density at radius 1 is 1.03 bits per heavy atom. The zero-order valence-corrected chi connectivity index (χ0v) is 18.1. The van der Waals surface area contributed by atoms with Gasteiger partial charge in [0, 0.05) is 37.7 Å². The zero-order chi connectivity index (χ0) is 21.8. The van der Waals surface area contributed by atoms with Crippen LogP contribution in [0.25, 0.3) is 0 Å². The molecule has 0 aliphatic carbocycles. The van der Waals surface area contributed by atoms with Crippen molar-refractivity contribution in [2.75, 3.05) is 36.4 Å². The average Bonchev–Trinajstić information content (AvgIpc) is 2.77. The first kappa shape index (κ1) is 21.3. The molecular weight excluding hydrogens is 439 g/mol. The van der Waals surface area contributed by atoms with Crippen molar-refractivity contribution in [3.05, 3.63) is 80.6 Å². The fourth-order valence-electron chi connectivity index (χ4n) is 3.54. The van der Waals surface area contributed by atoms with E-state index in [9.17, 15) is 10.1 Å². The van der Waals surface area contributed by atoms with Crippen molar-refractivity contribution in [2.45, 2.75) is 6.54 Å². The SMILES string of the molecule is O=[N+]([O-])c1c(Nc2cc(Cl)ccc2Cl)ncnc1N1CCN(Cc2ccccc2)CC1. The minimum atomic E-state index is -0.466. The molecular formula is C21H20Cl2N6O2. The van der Waals surface area contributed by atoms with Crippen LogP contribution in [0.4, 0.5) is 23.0 Å². The second kappa shape index (κ2) is 9.47. The highest BCUT2D eigenvalue weighted by atomic mass is 35.5. The molecule has 1 saturated heterocycles. The van der Waals surface area contributed by atoms with Crippen LogP contribution in [0.2, 0.25) is 10.0 Å². The van der Waals surface area contributed by atoms with Crippen molar-refractivity contribution in [1.82, 2.24) is 14.9 Å². The van der Waals surface area contributed by atoms with Crippen LogP contribution in [0.3, 0.4) is 0 Å². The van der Waals surface area contributed by atoms with E-state index >= 15 is 0 Å². The van der Waals surface area contributed by atoms with Gasteiger partial charge in [0.2, 0.25) is 11.6 Å². The van der Waals surface area contributed by atoms with Crippen molar-refractivity contribution >= 4 is 46.2 Å². The Labute approximate surface area is 189 Å². The molecule has 0 saturated carbocycles. The molecule has 31 heavy (non-hydrogen) atoms. The molecule has 0 atom stereocenters. The summed E-state index contributed by atoms with van der Waals surface area (Å²) in [5, 5.41) is 15.7. The minimum Gasteiger partial charge on any atom is -0.348 e. The topological polar surface area (TPSA) is 87.4 Å². The Hall–Kier alpha value is -2.94. The van der Waals surface area contributed by atoms with E-state index in [1.807, 2.05) is 23.1 Å². The number of rotatable bonds is 6. The van der Waals surface area contributed by atoms with Gasteiger partial charge >= 0.3 is 5.69 Å². The summed E-state index contributed by atoms with van der Waals surface area (Å²) < 4.78 is 0. The molecule has 1 aromatic heterocycles. The van der Waals surface area contributed by atoms with Crippen LogP contribution in [0.15, 0.2) is 54.9 Å². The molecule has 0 amide bonds. The van der Waals surface area contributed by atoms with E-state index in [-0.39, 0.29) is 11.5 Å². The Morgan fingerprint density at radius 3 is 2.48 bits per heavy atom. The van der Waals surface area contributed by atoms with Gasteiger partial charge in [-0.15, -0.1) is 0 Å². The van der Waals surface area contributed by atoms with Crippen molar-refractivity contribution in [1.29, 1.82) is 0 Å². The number of hydrogen-bond donors (Lipinski definition) is 1. The summed E-state index contributed by atoms with van der Waals surface area (Å²) in [5.74, 6) is 0.367. The van der Waals surface area contributed by atoms with Gasteiger partial charge in [-0.05, 0) is 23.8 Å². The summed E-state index contributed by atoms with van der Waals surface area (Å²) in [6.07, 6.45) is 1.32. The van der Waals surface area contributed by atoms with Gasteiger partial charge in [-0.1, -0.05) is 53.5 Å². The maximum atomic E-state index is 11.9. The largest absolute Gasteiger partial charge is 0.353 e. The number of anilines is 3. The monoisotopic (exact) mass is 458 g/mol. The maximum Gasteiger partial charge on any atom is 0.353 e. The molecule has 4 rings (SSSR count). The number of piperazine rings is 1. The number of halogens is 2. The average molecular weight is 459 g/mol. The first-order valence-corrected chi connectivity index (χ1v) is 10.5. The predicted molar refractivity (Wildman–Crippen MR) is 122 cm³/mol. The molecule has 1 aliphatic heterocycles. The third kappa shape index (κ3) is 5.04. The summed E-state index contributed by atoms with van der Waals surface area (Å²) in [5.41, 5.74) is 1.50. The Kier molecular flexibility index (Phi) is 6.50. The van der Waals surface area contributed by atoms with E-state index in [2.05, 4.69) is 32.3 Å². The summed E-state index contributed by atoms with van der Waals surface area (Å²) in [6, 6.07) is 15.1. The van der Waals surface area contributed by atoms with Crippen LogP contribution in [-0.4, -0.2) is 46.0 Å². The van der Waals surface area contributed by atoms with Crippen LogP contribution in [0.5, 0.6) is 0 Å². The Bertz CT molecular complexity index is 1070. The second-order valence-corrected chi connectivity index (χ2v) is 7.99. The molecule has 1 fully saturated rings. The van der Waals surface area contributed by atoms with Gasteiger partial charge in [0.1, 0.15) is 6.33 Å². The lowest BCUT2D eigenvalue weighted by molar-refractivity contribution is -0.383. The molecule has 0 radical (unpaired) electrons. The first-order valence-electron chi connectivity index (χ1n) is 9.74. The number of aromatic nitrogens is 2. The van der Waals surface area contributed by atoms with Crippen LogP contribution < -0.4 is 10.2 Å². The molecule has 2 heterocycles. The molecule has 10 heteroatoms. The van der Waals surface area contributed by atoms with Crippen molar-refractivity contribution in [3.8, 4) is 0 Å². The predicted octanol–water partition coefficient (Wildman–Crippen LogP) is 4.76. The van der Waals surface area contributed by atoms with Gasteiger partial charge in [0.05, 0.1) is 15.6 Å². The third-order valence-electron chi connectivity index (χ3n) is 5.09. The molecule has 3 aromatic rings. The summed E-state index contributed by atoms with van der Waals surface area (Å²) in [6.45, 7) is 3.66. The van der Waals surface area contributed by atoms with E-state index in [0.29, 0.717) is 34.6 Å². The highest BCUT2D eigenvalue weighted by Crippen LogP contribution is 2.36. The van der Waals surface area contributed by atoms with E-state index < -0.39 is 4.92 Å². The summed E-state index contributed by atoms with van der Waals surface area (Å²) >= 11 is 12.2. The normalized spacial score (nSPS) is 14.5. The standard InChI is InChI=1S/C21H20Cl2N6O2/c22-16-6-7-17(23)18(12-16)26-20-19(29(30)31)21(25-14-24-20)28-10-8-27(9-11-28)13-15-4-2-1-3-5-15/h1-7,12,14H,8-11,13H2,(H,24,25,26). The maximum absolute atomic E-state index is 11.9. The van der Waals surface area contributed by atoms with Gasteiger partial charge in [-0.2, -0.15) is 0 Å². The molecule has 0 spiro atoms. The van der Waals surface area contributed by atoms with Gasteiger partial charge < -0.3 is 10.2 Å². The highest BCUT2D eigenvalue weighted by Gasteiger charge is 2.29. The lowest BCUT2D eigenvalue weighted by Gasteiger charge is -2.35. The fraction of sp³-hybridized carbons (Fsp3) is 0.238. The van der Waals surface area contributed by atoms with Gasteiger partial charge in [-0.3, -0.25) is 15.0 Å². The molecule has 1 aliphatic rings. The highest BCUT2D eigenvalue weighted by molar-refractivity contribution is 6.35. The summed E-state index contributed by atoms with van der Waals surface area (Å²) in [4.78, 5) is 24.0. The molecule has 1 N–H and O–H groups in total. The molecule has 0 bridgehead atoms. The number of nitro groups is 1. The zero-order valence-electron chi connectivity index (χ0n) is 16.5. The van der Waals surface area contributed by atoms with Crippen LogP contribution in [-0.2, 0) is 6.54 Å². The first-order chi connectivity index (χ1) is 15.0. The van der Waals surface area contributed by atoms with Crippen LogP contribution in [0.1, 0.15) is 5.56 Å². The van der Waals surface area contributed by atoms with Gasteiger partial charge in [0.15, 0.2) is 0 Å². The quantitative estimate of drug-likeness (QED) is 0.420. The van der Waals surface area contributed by atoms with Crippen molar-refractivity contribution < 1.29 is 4.92 Å². The lowest BCUT2D eigenvalue weighted by atomic mass is 10.2. The molecule has 2 aromatic carbocycles. The molecule has 0 unspecified atom stereocenters. The number of nitrogens with one attached hydrogen (secondary N) is 1. The van der Waals surface area contributed by atoms with Gasteiger partial charge in [0.25, 0.3) is 0 Å². The van der Waals surface area contributed by atoms with Crippen molar-refractivity contribution in [2.24, 2.45) is 0 Å². The summed E-state index contributed by atoms with van der Waals surface area (Å²) in [7, 11) is 0. The number of nitrogens with zero attached hydrogens (tertiary/aromatic N) is 5. The van der Waals surface area contributed by atoms with Gasteiger partial charge in [-0.25, -0.2) is 9.97 Å². The van der Waals surface area contributed by atoms with E-state index in [1.165, 1.54) is 11.9 Å². The lowest BCUT2D eigenvalue weighted by Crippen LogP contribution is -2.46. The number of benzene rings is 2. The van der Waals surface area contributed by atoms with E-state index in [1.54, 1.807) is 18.2 Å². The van der Waals surface area contributed by atoms with E-state index in [0.717, 1.165) is 19.6 Å². The molecule has 160 valence electrons. The van der Waals surface area contributed by atoms with Crippen LogP contribution >= 0.6 is 23.2 Å². The Balaban J connectivity index is 1.53. The second-order valence-electron chi connectivity index (χ2n) is 7.15. The molecule has 8 nitrogen and oxygen atoms in total. The smallest absolute Gasteiger partial charge is 0.348 e. The third-order valence-corrected chi connectivity index (χ3v) is 5.65. The minimum absolute atomic E-state index is 0.0749. The van der Waals surface area contributed by atoms with Crippen molar-refractivity contribution in [3.63, 3.8) is 0 Å². The number of hydrogen-bond acceptors (Lipinski definition) is 7.